The predicted molar refractivity (Wildman–Crippen MR) is 59.8 cm³/mol. The Kier molecular flexibility index (Phi) is 3.86. The number of aliphatic carboxylic acids is 1. The molecule has 0 spiro atoms. The lowest BCUT2D eigenvalue weighted by Crippen LogP contribution is -2.30. The zero-order valence-electron chi connectivity index (χ0n) is 9.16. The van der Waals surface area contributed by atoms with Crippen LogP contribution in [0, 0.1) is 13.8 Å². The first kappa shape index (κ1) is 11.7. The van der Waals surface area contributed by atoms with Crippen molar-refractivity contribution in [2.24, 2.45) is 5.73 Å². The fourth-order valence-corrected chi connectivity index (χ4v) is 1.50. The van der Waals surface area contributed by atoms with Gasteiger partial charge in [0, 0.05) is 0 Å². The Morgan fingerprint density at radius 3 is 2.73 bits per heavy atom. The summed E-state index contributed by atoms with van der Waals surface area (Å²) in [6.07, 6.45) is 1.21. The number of nitrogens with two attached hydrogens (primary N) is 1. The molecule has 3 heteroatoms. The van der Waals surface area contributed by atoms with Crippen molar-refractivity contribution in [1.82, 2.24) is 0 Å². The Morgan fingerprint density at radius 1 is 1.47 bits per heavy atom. The molecule has 0 radical (unpaired) electrons. The average Bonchev–Trinajstić information content (AvgIpc) is 2.18. The van der Waals surface area contributed by atoms with Crippen molar-refractivity contribution >= 4 is 5.97 Å². The maximum absolute atomic E-state index is 10.5. The van der Waals surface area contributed by atoms with Crippen LogP contribution in [0.15, 0.2) is 18.2 Å². The van der Waals surface area contributed by atoms with Crippen molar-refractivity contribution in [3.8, 4) is 0 Å². The number of carboxylic acids is 1. The number of aryl methyl sites for hydroxylation is 3. The minimum Gasteiger partial charge on any atom is -0.480 e. The van der Waals surface area contributed by atoms with Crippen LogP contribution < -0.4 is 5.73 Å². The van der Waals surface area contributed by atoms with Crippen LogP contribution in [-0.2, 0) is 11.2 Å². The van der Waals surface area contributed by atoms with Crippen molar-refractivity contribution in [2.75, 3.05) is 0 Å². The second-order valence-corrected chi connectivity index (χ2v) is 3.91. The molecule has 0 unspecified atom stereocenters. The smallest absolute Gasteiger partial charge is 0.320 e. The Labute approximate surface area is 89.9 Å². The third-order valence-electron chi connectivity index (χ3n) is 2.55. The molecular formula is C12H17NO2. The monoisotopic (exact) mass is 207 g/mol. The second-order valence-electron chi connectivity index (χ2n) is 3.91. The average molecular weight is 207 g/mol. The first-order chi connectivity index (χ1) is 7.00. The van der Waals surface area contributed by atoms with Gasteiger partial charge in [-0.05, 0) is 37.8 Å². The third kappa shape index (κ3) is 3.36. The summed E-state index contributed by atoms with van der Waals surface area (Å²) in [7, 11) is 0. The molecule has 0 aliphatic rings. The summed E-state index contributed by atoms with van der Waals surface area (Å²) in [5, 5.41) is 8.66. The van der Waals surface area contributed by atoms with Gasteiger partial charge < -0.3 is 10.8 Å². The van der Waals surface area contributed by atoms with Crippen LogP contribution in [0.5, 0.6) is 0 Å². The number of hydrogen-bond donors (Lipinski definition) is 2. The normalized spacial score (nSPS) is 12.5. The number of carbonyl (C=O) groups is 1. The van der Waals surface area contributed by atoms with Gasteiger partial charge in [0.2, 0.25) is 0 Å². The molecule has 15 heavy (non-hydrogen) atoms. The van der Waals surface area contributed by atoms with Crippen LogP contribution in [0.4, 0.5) is 0 Å². The molecule has 1 aromatic rings. The highest BCUT2D eigenvalue weighted by Crippen LogP contribution is 2.13. The van der Waals surface area contributed by atoms with Gasteiger partial charge in [0.05, 0.1) is 0 Å². The van der Waals surface area contributed by atoms with Crippen molar-refractivity contribution in [3.05, 3.63) is 34.9 Å². The quantitative estimate of drug-likeness (QED) is 0.789. The van der Waals surface area contributed by atoms with Gasteiger partial charge in [-0.25, -0.2) is 0 Å². The molecule has 1 aromatic carbocycles. The largest absolute Gasteiger partial charge is 0.480 e. The lowest BCUT2D eigenvalue weighted by molar-refractivity contribution is -0.138. The minimum absolute atomic E-state index is 0.486. The molecule has 1 atom stereocenters. The van der Waals surface area contributed by atoms with E-state index in [-0.39, 0.29) is 0 Å². The van der Waals surface area contributed by atoms with Gasteiger partial charge in [0.15, 0.2) is 0 Å². The summed E-state index contributed by atoms with van der Waals surface area (Å²) in [4.78, 5) is 10.5. The second kappa shape index (κ2) is 4.94. The summed E-state index contributed by atoms with van der Waals surface area (Å²) in [5.74, 6) is -0.930. The van der Waals surface area contributed by atoms with E-state index >= 15 is 0 Å². The molecule has 0 saturated carbocycles. The molecule has 0 fully saturated rings. The molecule has 82 valence electrons. The number of carboxylic acid groups (broad SMARTS) is 1. The van der Waals surface area contributed by atoms with E-state index in [2.05, 4.69) is 18.2 Å². The number of rotatable bonds is 4. The van der Waals surface area contributed by atoms with Crippen LogP contribution in [0.3, 0.4) is 0 Å². The zero-order valence-corrected chi connectivity index (χ0v) is 9.16. The van der Waals surface area contributed by atoms with Crippen molar-refractivity contribution in [2.45, 2.75) is 32.7 Å². The number of benzene rings is 1. The molecule has 0 amide bonds. The topological polar surface area (TPSA) is 63.3 Å². The van der Waals surface area contributed by atoms with Gasteiger partial charge in [0.25, 0.3) is 0 Å². The van der Waals surface area contributed by atoms with Crippen molar-refractivity contribution < 1.29 is 9.90 Å². The summed E-state index contributed by atoms with van der Waals surface area (Å²) in [5.41, 5.74) is 9.03. The molecule has 0 aliphatic heterocycles. The summed E-state index contributed by atoms with van der Waals surface area (Å²) >= 11 is 0. The van der Waals surface area contributed by atoms with Crippen LogP contribution in [-0.4, -0.2) is 17.1 Å². The lowest BCUT2D eigenvalue weighted by atomic mass is 9.99. The first-order valence-electron chi connectivity index (χ1n) is 5.05. The van der Waals surface area contributed by atoms with E-state index in [0.717, 1.165) is 6.42 Å². The minimum atomic E-state index is -0.930. The molecule has 0 saturated heterocycles. The van der Waals surface area contributed by atoms with Crippen LogP contribution in [0.1, 0.15) is 23.1 Å². The Balaban J connectivity index is 2.65. The molecule has 0 bridgehead atoms. The van der Waals surface area contributed by atoms with Crippen molar-refractivity contribution in [1.29, 1.82) is 0 Å². The fraction of sp³-hybridized carbons (Fsp3) is 0.417. The fourth-order valence-electron chi connectivity index (χ4n) is 1.50. The van der Waals surface area contributed by atoms with E-state index < -0.39 is 12.0 Å². The zero-order chi connectivity index (χ0) is 11.4. The standard InChI is InChI=1S/C12H17NO2/c1-8-3-4-9(2)10(7-8)5-6-11(13)12(14)15/h3-4,7,11H,5-6,13H2,1-2H3,(H,14,15)/t11-/m1/s1. The molecule has 3 nitrogen and oxygen atoms in total. The maximum Gasteiger partial charge on any atom is 0.320 e. The number of hydrogen-bond acceptors (Lipinski definition) is 2. The Morgan fingerprint density at radius 2 is 2.13 bits per heavy atom. The van der Waals surface area contributed by atoms with E-state index in [1.165, 1.54) is 16.7 Å². The van der Waals surface area contributed by atoms with Gasteiger partial charge in [0.1, 0.15) is 6.04 Å². The third-order valence-corrected chi connectivity index (χ3v) is 2.55. The molecular weight excluding hydrogens is 190 g/mol. The van der Waals surface area contributed by atoms with Gasteiger partial charge in [-0.2, -0.15) is 0 Å². The Bertz CT molecular complexity index is 361. The first-order valence-corrected chi connectivity index (χ1v) is 5.05. The van der Waals surface area contributed by atoms with Crippen LogP contribution >= 0.6 is 0 Å². The van der Waals surface area contributed by atoms with E-state index in [1.807, 2.05) is 13.8 Å². The van der Waals surface area contributed by atoms with E-state index in [9.17, 15) is 4.79 Å². The van der Waals surface area contributed by atoms with Gasteiger partial charge >= 0.3 is 5.97 Å². The van der Waals surface area contributed by atoms with Crippen LogP contribution in [0.25, 0.3) is 0 Å². The van der Waals surface area contributed by atoms with Gasteiger partial charge in [-0.3, -0.25) is 4.79 Å². The highest BCUT2D eigenvalue weighted by Gasteiger charge is 2.11. The van der Waals surface area contributed by atoms with Gasteiger partial charge in [-0.15, -0.1) is 0 Å². The molecule has 3 N–H and O–H groups in total. The summed E-state index contributed by atoms with van der Waals surface area (Å²) < 4.78 is 0. The lowest BCUT2D eigenvalue weighted by Gasteiger charge is -2.09. The summed E-state index contributed by atoms with van der Waals surface area (Å²) in [6, 6.07) is 5.43. The van der Waals surface area contributed by atoms with E-state index in [4.69, 9.17) is 10.8 Å². The maximum atomic E-state index is 10.5. The SMILES string of the molecule is Cc1ccc(C)c(CC[C@@H](N)C(=O)O)c1. The van der Waals surface area contributed by atoms with E-state index in [1.54, 1.807) is 0 Å². The summed E-state index contributed by atoms with van der Waals surface area (Å²) in [6.45, 7) is 4.06. The Hall–Kier alpha value is -1.35. The molecule has 1 rings (SSSR count). The van der Waals surface area contributed by atoms with Crippen LogP contribution in [0.2, 0.25) is 0 Å². The van der Waals surface area contributed by atoms with Gasteiger partial charge in [-0.1, -0.05) is 23.8 Å². The van der Waals surface area contributed by atoms with Crippen molar-refractivity contribution in [3.63, 3.8) is 0 Å². The molecule has 0 aromatic heterocycles. The predicted octanol–water partition coefficient (Wildman–Crippen LogP) is 1.65. The molecule has 0 aliphatic carbocycles. The highest BCUT2D eigenvalue weighted by molar-refractivity contribution is 5.73. The molecule has 0 heterocycles. The highest BCUT2D eigenvalue weighted by atomic mass is 16.4. The van der Waals surface area contributed by atoms with E-state index in [0.29, 0.717) is 6.42 Å².